The minimum atomic E-state index is -3.06. The Balaban J connectivity index is 2.13. The second kappa shape index (κ2) is 7.27. The normalized spacial score (nSPS) is 35.3. The molecule has 0 spiro atoms. The van der Waals surface area contributed by atoms with Gasteiger partial charge >= 0.3 is 0 Å². The van der Waals surface area contributed by atoms with Crippen LogP contribution >= 0.6 is 11.6 Å². The summed E-state index contributed by atoms with van der Waals surface area (Å²) in [7, 11) is 2.76. The third-order valence-electron chi connectivity index (χ3n) is 7.09. The van der Waals surface area contributed by atoms with E-state index in [2.05, 4.69) is 0 Å². The number of carbonyl (C=O) groups excluding carboxylic acids is 3. The van der Waals surface area contributed by atoms with Crippen molar-refractivity contribution in [2.75, 3.05) is 14.1 Å². The highest BCUT2D eigenvalue weighted by molar-refractivity contribution is 6.32. The van der Waals surface area contributed by atoms with Gasteiger partial charge in [0, 0.05) is 10.6 Å². The van der Waals surface area contributed by atoms with Crippen LogP contribution in [0.4, 0.5) is 0 Å². The van der Waals surface area contributed by atoms with Crippen molar-refractivity contribution < 1.29 is 45.0 Å². The van der Waals surface area contributed by atoms with Gasteiger partial charge in [0.15, 0.2) is 11.4 Å². The summed E-state index contributed by atoms with van der Waals surface area (Å²) in [4.78, 5) is 40.0. The predicted molar refractivity (Wildman–Crippen MR) is 117 cm³/mol. The molecule has 1 aromatic rings. The lowest BCUT2D eigenvalue weighted by molar-refractivity contribution is -0.181. The Labute approximate surface area is 198 Å². The number of phenols is 1. The smallest absolute Gasteiger partial charge is 0.255 e. The van der Waals surface area contributed by atoms with Crippen LogP contribution in [0.15, 0.2) is 29.0 Å². The van der Waals surface area contributed by atoms with Crippen LogP contribution in [-0.4, -0.2) is 84.9 Å². The number of hydrogen-bond acceptors (Lipinski definition) is 10. The lowest BCUT2D eigenvalue weighted by atomic mass is 9.53. The van der Waals surface area contributed by atoms with Crippen LogP contribution in [0.5, 0.6) is 5.75 Å². The fourth-order valence-corrected chi connectivity index (χ4v) is 6.02. The molecule has 3 aliphatic rings. The number of fused-ring (bicyclic) bond motifs is 3. The molecule has 1 fully saturated rings. The van der Waals surface area contributed by atoms with E-state index >= 15 is 0 Å². The number of carbonyl (C=O) groups is 3. The average molecular weight is 495 g/mol. The Morgan fingerprint density at radius 2 is 1.74 bits per heavy atom. The molecule has 34 heavy (non-hydrogen) atoms. The molecule has 1 amide bonds. The molecule has 1 unspecified atom stereocenters. The number of nitrogens with zero attached hydrogens (tertiary/aromatic N) is 1. The Kier molecular flexibility index (Phi) is 5.17. The van der Waals surface area contributed by atoms with E-state index in [1.807, 2.05) is 0 Å². The number of aromatic hydroxyl groups is 1. The lowest BCUT2D eigenvalue weighted by Gasteiger charge is -2.55. The minimum Gasteiger partial charge on any atom is -0.508 e. The number of Topliss-reactive ketones (excluding diaryl/α,β-unsaturated/α-hetero) is 2. The summed E-state index contributed by atoms with van der Waals surface area (Å²) in [6.07, 6.45) is -1.94. The molecule has 1 aromatic carbocycles. The van der Waals surface area contributed by atoms with Crippen LogP contribution in [-0.2, 0) is 20.0 Å². The number of ketones is 2. The number of aliphatic hydroxyl groups excluding tert-OH is 3. The zero-order chi connectivity index (χ0) is 25.7. The van der Waals surface area contributed by atoms with Gasteiger partial charge in [0.05, 0.1) is 40.7 Å². The van der Waals surface area contributed by atoms with Crippen molar-refractivity contribution in [2.45, 2.75) is 30.3 Å². The predicted octanol–water partition coefficient (Wildman–Crippen LogP) is -0.747. The molecule has 0 aromatic heterocycles. The van der Waals surface area contributed by atoms with E-state index in [0.29, 0.717) is 0 Å². The van der Waals surface area contributed by atoms with Crippen LogP contribution in [0.2, 0.25) is 5.02 Å². The molecule has 0 bridgehead atoms. The molecular weight excluding hydrogens is 472 g/mol. The second-order valence-corrected chi connectivity index (χ2v) is 9.58. The first-order valence-electron chi connectivity index (χ1n) is 10.2. The topological polar surface area (TPSA) is 202 Å². The number of hydrogen-bond donors (Lipinski definition) is 7. The van der Waals surface area contributed by atoms with Gasteiger partial charge in [-0.15, -0.1) is 0 Å². The summed E-state index contributed by atoms with van der Waals surface area (Å²) < 4.78 is 0. The lowest BCUT2D eigenvalue weighted by Crippen LogP contribution is -2.71. The zero-order valence-electron chi connectivity index (χ0n) is 18.3. The highest BCUT2D eigenvalue weighted by atomic mass is 35.5. The van der Waals surface area contributed by atoms with Crippen molar-refractivity contribution >= 4 is 34.8 Å². The fraction of sp³-hybridized carbons (Fsp3) is 0.409. The fourth-order valence-electron chi connectivity index (χ4n) is 5.68. The summed E-state index contributed by atoms with van der Waals surface area (Å²) in [6.45, 7) is 1.19. The number of rotatable bonds is 2. The molecule has 3 aliphatic carbocycles. The third-order valence-corrected chi connectivity index (χ3v) is 7.40. The molecule has 8 N–H and O–H groups in total. The van der Waals surface area contributed by atoms with Crippen molar-refractivity contribution in [1.82, 2.24) is 4.90 Å². The van der Waals surface area contributed by atoms with Crippen LogP contribution in [0.3, 0.4) is 0 Å². The highest BCUT2D eigenvalue weighted by Gasteiger charge is 2.70. The van der Waals surface area contributed by atoms with Crippen LogP contribution in [0.1, 0.15) is 18.1 Å². The molecule has 1 saturated carbocycles. The average Bonchev–Trinajstić information content (AvgIpc) is 2.72. The number of aliphatic hydroxyl groups is 5. The summed E-state index contributed by atoms with van der Waals surface area (Å²) in [5.41, 5.74) is -2.33. The number of nitrogens with two attached hydrogens (primary N) is 1. The maximum Gasteiger partial charge on any atom is 0.255 e. The van der Waals surface area contributed by atoms with Crippen molar-refractivity contribution in [2.24, 2.45) is 17.6 Å². The third kappa shape index (κ3) is 2.70. The number of halogens is 1. The highest BCUT2D eigenvalue weighted by Crippen LogP contribution is 2.58. The number of benzene rings is 1. The molecule has 0 saturated heterocycles. The van der Waals surface area contributed by atoms with Gasteiger partial charge in [0.1, 0.15) is 22.8 Å². The van der Waals surface area contributed by atoms with Gasteiger partial charge < -0.3 is 36.4 Å². The Bertz CT molecular complexity index is 1230. The van der Waals surface area contributed by atoms with Gasteiger partial charge in [-0.25, -0.2) is 0 Å². The van der Waals surface area contributed by atoms with Gasteiger partial charge in [-0.05, 0) is 33.2 Å². The first-order valence-corrected chi connectivity index (χ1v) is 10.6. The summed E-state index contributed by atoms with van der Waals surface area (Å²) in [5, 5.41) is 66.6. The summed E-state index contributed by atoms with van der Waals surface area (Å²) in [6, 6.07) is 0.832. The van der Waals surface area contributed by atoms with E-state index < -0.39 is 86.6 Å². The van der Waals surface area contributed by atoms with E-state index in [0.717, 1.165) is 6.07 Å². The molecule has 0 radical (unpaired) electrons. The van der Waals surface area contributed by atoms with Gasteiger partial charge in [-0.3, -0.25) is 19.3 Å². The molecule has 11 nitrogen and oxygen atoms in total. The van der Waals surface area contributed by atoms with Gasteiger partial charge in [-0.2, -0.15) is 0 Å². The van der Waals surface area contributed by atoms with E-state index in [-0.39, 0.29) is 10.6 Å². The maximum atomic E-state index is 13.7. The van der Waals surface area contributed by atoms with Crippen LogP contribution < -0.4 is 5.73 Å². The number of likely N-dealkylation sites (N-methyl/N-ethyl adjacent to an activating group) is 1. The van der Waals surface area contributed by atoms with E-state index in [9.17, 15) is 45.0 Å². The molecule has 0 heterocycles. The van der Waals surface area contributed by atoms with Crippen LogP contribution in [0.25, 0.3) is 5.76 Å². The second-order valence-electron chi connectivity index (χ2n) is 9.18. The molecule has 12 heteroatoms. The Morgan fingerprint density at radius 3 is 2.26 bits per heavy atom. The monoisotopic (exact) mass is 494 g/mol. The van der Waals surface area contributed by atoms with Crippen molar-refractivity contribution in [3.8, 4) is 5.75 Å². The van der Waals surface area contributed by atoms with E-state index in [1.54, 1.807) is 0 Å². The van der Waals surface area contributed by atoms with E-state index in [1.165, 1.54) is 32.0 Å². The maximum absolute atomic E-state index is 13.7. The quantitative estimate of drug-likeness (QED) is 0.256. The number of phenolic OH excluding ortho intramolecular Hbond substituents is 1. The Morgan fingerprint density at radius 1 is 1.15 bits per heavy atom. The Hall–Kier alpha value is -2.96. The molecule has 0 aliphatic heterocycles. The van der Waals surface area contributed by atoms with Crippen molar-refractivity contribution in [1.29, 1.82) is 0 Å². The van der Waals surface area contributed by atoms with Gasteiger partial charge in [-0.1, -0.05) is 11.6 Å². The van der Waals surface area contributed by atoms with Gasteiger partial charge in [0.2, 0.25) is 5.78 Å². The largest absolute Gasteiger partial charge is 0.508 e. The molecular formula is C22H23ClN2O9. The zero-order valence-corrected chi connectivity index (χ0v) is 19.0. The van der Waals surface area contributed by atoms with Crippen molar-refractivity contribution in [3.05, 3.63) is 45.2 Å². The minimum absolute atomic E-state index is 0.0912. The first kappa shape index (κ1) is 24.2. The van der Waals surface area contributed by atoms with Gasteiger partial charge in [0.25, 0.3) is 5.91 Å². The number of primary amides is 1. The molecule has 6 atom stereocenters. The standard InChI is InChI=1S/C22H23ClN2O9/c1-21(33)11-6(23)4-5-7(26)8(11)15(27)9-12(21)17(29)13-14(25(2)3)16(28)10(20(24)32)19(31)22(13,34)18(9)30/h4-5,12-14,17,26-27,29,31,33-34H,1-3H3,(H2,24,32)/t12?,13-,14+,17+,21-,22+/m1/s1. The van der Waals surface area contributed by atoms with E-state index in [4.69, 9.17) is 17.3 Å². The summed E-state index contributed by atoms with van der Waals surface area (Å²) >= 11 is 6.24. The van der Waals surface area contributed by atoms with Crippen molar-refractivity contribution in [3.63, 3.8) is 0 Å². The molecule has 182 valence electrons. The molecule has 4 rings (SSSR count). The van der Waals surface area contributed by atoms with Crippen LogP contribution in [0, 0.1) is 11.8 Å². The first-order chi connectivity index (χ1) is 15.6. The SMILES string of the molecule is CN(C)[C@@H]1C(=O)C(C(N)=O)=C(O)[C@@]2(O)C(=O)C3=C(O)c4c(O)ccc(Cl)c4[C@@](C)(O)C3[C@H](O)[C@@H]12. The summed E-state index contributed by atoms with van der Waals surface area (Å²) in [5.74, 6) is -10.1. The number of amides is 1.